The average molecular weight is 541 g/mol. The van der Waals surface area contributed by atoms with Gasteiger partial charge in [-0.05, 0) is 55.3 Å². The van der Waals surface area contributed by atoms with Crippen LogP contribution in [0.2, 0.25) is 5.02 Å². The van der Waals surface area contributed by atoms with Crippen LogP contribution in [0.4, 0.5) is 0 Å². The molecular formula is C29H33ClN2O6. The first-order valence-electron chi connectivity index (χ1n) is 12.8. The zero-order valence-corrected chi connectivity index (χ0v) is 22.3. The van der Waals surface area contributed by atoms with Gasteiger partial charge >= 0.3 is 0 Å². The lowest BCUT2D eigenvalue weighted by atomic mass is 9.95. The van der Waals surface area contributed by atoms with Crippen LogP contribution in [0.3, 0.4) is 0 Å². The number of Topliss-reactive ketones (excluding diaryl/α,β-unsaturated/α-hetero) is 1. The Balaban J connectivity index is 1.72. The molecule has 0 saturated carbocycles. The van der Waals surface area contributed by atoms with Gasteiger partial charge in [-0.1, -0.05) is 30.3 Å². The molecule has 0 spiro atoms. The minimum atomic E-state index is -0.789. The Bertz CT molecular complexity index is 1190. The van der Waals surface area contributed by atoms with E-state index in [2.05, 4.69) is 11.5 Å². The van der Waals surface area contributed by atoms with E-state index in [4.69, 9.17) is 25.8 Å². The van der Waals surface area contributed by atoms with Crippen molar-refractivity contribution in [3.63, 3.8) is 0 Å². The maximum Gasteiger partial charge on any atom is 0.295 e. The summed E-state index contributed by atoms with van der Waals surface area (Å²) in [7, 11) is 0. The van der Waals surface area contributed by atoms with Crippen molar-refractivity contribution in [3.8, 4) is 11.5 Å². The summed E-state index contributed by atoms with van der Waals surface area (Å²) in [6, 6.07) is 11.0. The van der Waals surface area contributed by atoms with Gasteiger partial charge in [0.1, 0.15) is 12.4 Å². The third kappa shape index (κ3) is 6.20. The van der Waals surface area contributed by atoms with Crippen LogP contribution in [0, 0.1) is 0 Å². The number of carbonyl (C=O) groups excluding carboxylic acids is 2. The Labute approximate surface area is 228 Å². The number of halogens is 1. The largest absolute Gasteiger partial charge is 0.507 e. The fraction of sp³-hybridized carbons (Fsp3) is 0.379. The number of benzene rings is 2. The van der Waals surface area contributed by atoms with Gasteiger partial charge in [-0.2, -0.15) is 0 Å². The van der Waals surface area contributed by atoms with Crippen molar-refractivity contribution in [3.05, 3.63) is 76.8 Å². The number of aliphatic hydroxyl groups is 1. The molecule has 1 N–H and O–H groups in total. The van der Waals surface area contributed by atoms with Crippen LogP contribution < -0.4 is 9.47 Å². The molecule has 1 unspecified atom stereocenters. The monoisotopic (exact) mass is 540 g/mol. The van der Waals surface area contributed by atoms with Gasteiger partial charge in [0.25, 0.3) is 11.7 Å². The molecule has 1 atom stereocenters. The van der Waals surface area contributed by atoms with Crippen molar-refractivity contribution in [1.29, 1.82) is 0 Å². The quantitative estimate of drug-likeness (QED) is 0.195. The van der Waals surface area contributed by atoms with Crippen LogP contribution in [0.15, 0.2) is 60.7 Å². The number of likely N-dealkylation sites (tertiary alicyclic amines) is 1. The molecule has 9 heteroatoms. The molecule has 2 saturated heterocycles. The lowest BCUT2D eigenvalue weighted by Crippen LogP contribution is -2.39. The second-order valence-corrected chi connectivity index (χ2v) is 9.48. The Morgan fingerprint density at radius 1 is 1.11 bits per heavy atom. The molecule has 2 heterocycles. The summed E-state index contributed by atoms with van der Waals surface area (Å²) >= 11 is 6.02. The van der Waals surface area contributed by atoms with E-state index in [1.165, 1.54) is 0 Å². The van der Waals surface area contributed by atoms with Gasteiger partial charge < -0.3 is 24.2 Å². The summed E-state index contributed by atoms with van der Waals surface area (Å²) in [5.41, 5.74) is 1.08. The van der Waals surface area contributed by atoms with Crippen LogP contribution in [0.5, 0.6) is 11.5 Å². The summed E-state index contributed by atoms with van der Waals surface area (Å²) < 4.78 is 17.0. The van der Waals surface area contributed by atoms with Gasteiger partial charge in [-0.15, -0.1) is 0 Å². The molecule has 38 heavy (non-hydrogen) atoms. The predicted octanol–water partition coefficient (Wildman–Crippen LogP) is 4.45. The van der Waals surface area contributed by atoms with Crippen molar-refractivity contribution in [2.75, 3.05) is 52.6 Å². The highest BCUT2D eigenvalue weighted by Gasteiger charge is 2.46. The number of ether oxygens (including phenoxy) is 3. The van der Waals surface area contributed by atoms with E-state index < -0.39 is 17.7 Å². The Kier molecular flexibility index (Phi) is 9.44. The zero-order valence-electron chi connectivity index (χ0n) is 21.5. The fourth-order valence-corrected chi connectivity index (χ4v) is 4.87. The Morgan fingerprint density at radius 2 is 1.84 bits per heavy atom. The van der Waals surface area contributed by atoms with Crippen LogP contribution in [0.1, 0.15) is 30.5 Å². The molecular weight excluding hydrogens is 508 g/mol. The normalized spacial score (nSPS) is 19.5. The first-order valence-corrected chi connectivity index (χ1v) is 13.2. The van der Waals surface area contributed by atoms with E-state index in [1.54, 1.807) is 53.4 Å². The van der Waals surface area contributed by atoms with Crippen LogP contribution in [-0.4, -0.2) is 79.2 Å². The number of amides is 1. The number of morpholine rings is 1. The van der Waals surface area contributed by atoms with E-state index in [0.717, 1.165) is 19.6 Å². The summed E-state index contributed by atoms with van der Waals surface area (Å²) in [5.74, 6) is -0.600. The summed E-state index contributed by atoms with van der Waals surface area (Å²) in [6.07, 6.45) is 2.31. The van der Waals surface area contributed by atoms with Gasteiger partial charge in [0.15, 0.2) is 11.5 Å². The standard InChI is InChI=1S/C29H33ClN2O6/c1-3-16-38-23-11-8-21(19-24(23)37-4-2)26-25(27(33)20-6-9-22(30)10-7-20)28(34)29(35)32(26)13-5-12-31-14-17-36-18-15-31/h3,6-11,19,26,33H,1,4-5,12-18H2,2H3. The second-order valence-electron chi connectivity index (χ2n) is 9.05. The second kappa shape index (κ2) is 13.0. The van der Waals surface area contributed by atoms with Gasteiger partial charge in [-0.3, -0.25) is 14.5 Å². The average Bonchev–Trinajstić information content (AvgIpc) is 3.18. The molecule has 0 aromatic heterocycles. The highest BCUT2D eigenvalue weighted by molar-refractivity contribution is 6.46. The van der Waals surface area contributed by atoms with E-state index in [0.29, 0.717) is 67.0 Å². The predicted molar refractivity (Wildman–Crippen MR) is 146 cm³/mol. The molecule has 2 fully saturated rings. The van der Waals surface area contributed by atoms with Crippen molar-refractivity contribution in [2.45, 2.75) is 19.4 Å². The molecule has 0 bridgehead atoms. The number of hydrogen-bond acceptors (Lipinski definition) is 7. The number of rotatable bonds is 11. The topological polar surface area (TPSA) is 88.5 Å². The third-order valence-corrected chi connectivity index (χ3v) is 6.83. The van der Waals surface area contributed by atoms with E-state index in [1.807, 2.05) is 6.92 Å². The maximum absolute atomic E-state index is 13.3. The highest BCUT2D eigenvalue weighted by atomic mass is 35.5. The molecule has 2 aromatic rings. The highest BCUT2D eigenvalue weighted by Crippen LogP contribution is 2.42. The molecule has 2 aromatic carbocycles. The lowest BCUT2D eigenvalue weighted by Gasteiger charge is -2.29. The van der Waals surface area contributed by atoms with Crippen molar-refractivity contribution < 1.29 is 28.9 Å². The minimum absolute atomic E-state index is 0.0332. The first kappa shape index (κ1) is 27.7. The molecule has 1 amide bonds. The first-order chi connectivity index (χ1) is 18.4. The molecule has 0 aliphatic carbocycles. The number of ketones is 1. The van der Waals surface area contributed by atoms with Crippen molar-refractivity contribution >= 4 is 29.1 Å². The molecule has 2 aliphatic rings. The van der Waals surface area contributed by atoms with Crippen LogP contribution in [0.25, 0.3) is 5.76 Å². The SMILES string of the molecule is C=CCOc1ccc(C2C(=C(O)c3ccc(Cl)cc3)C(=O)C(=O)N2CCCN2CCOCC2)cc1OCC. The summed E-state index contributed by atoms with van der Waals surface area (Å²) in [6.45, 7) is 10.4. The minimum Gasteiger partial charge on any atom is -0.507 e. The molecule has 8 nitrogen and oxygen atoms in total. The number of hydrogen-bond donors (Lipinski definition) is 1. The van der Waals surface area contributed by atoms with Crippen molar-refractivity contribution in [1.82, 2.24) is 9.80 Å². The third-order valence-electron chi connectivity index (χ3n) is 6.57. The van der Waals surface area contributed by atoms with E-state index in [9.17, 15) is 14.7 Å². The number of nitrogens with zero attached hydrogens (tertiary/aromatic N) is 2. The molecule has 0 radical (unpaired) electrons. The maximum atomic E-state index is 13.3. The Morgan fingerprint density at radius 3 is 2.53 bits per heavy atom. The molecule has 202 valence electrons. The van der Waals surface area contributed by atoms with Gasteiger partial charge in [0.05, 0.1) is 31.4 Å². The molecule has 2 aliphatic heterocycles. The van der Waals surface area contributed by atoms with Crippen LogP contribution in [-0.2, 0) is 14.3 Å². The van der Waals surface area contributed by atoms with Crippen molar-refractivity contribution in [2.24, 2.45) is 0 Å². The van der Waals surface area contributed by atoms with E-state index >= 15 is 0 Å². The number of aliphatic hydroxyl groups excluding tert-OH is 1. The van der Waals surface area contributed by atoms with Gasteiger partial charge in [0, 0.05) is 36.8 Å². The van der Waals surface area contributed by atoms with Crippen LogP contribution >= 0.6 is 11.6 Å². The lowest BCUT2D eigenvalue weighted by molar-refractivity contribution is -0.140. The van der Waals surface area contributed by atoms with Gasteiger partial charge in [-0.25, -0.2) is 0 Å². The smallest absolute Gasteiger partial charge is 0.295 e. The summed E-state index contributed by atoms with van der Waals surface area (Å²) in [5, 5.41) is 11.8. The molecule has 4 rings (SSSR count). The Hall–Kier alpha value is -3.33. The summed E-state index contributed by atoms with van der Waals surface area (Å²) in [4.78, 5) is 30.5. The van der Waals surface area contributed by atoms with Gasteiger partial charge in [0.2, 0.25) is 0 Å². The fourth-order valence-electron chi connectivity index (χ4n) is 4.74. The number of carbonyl (C=O) groups is 2. The zero-order chi connectivity index (χ0) is 27.1. The van der Waals surface area contributed by atoms with E-state index in [-0.39, 0.29) is 11.3 Å².